The second kappa shape index (κ2) is 8.87. The van der Waals surface area contributed by atoms with E-state index in [9.17, 15) is 0 Å². The van der Waals surface area contributed by atoms with Crippen LogP contribution in [0.1, 0.15) is 13.3 Å². The molecule has 4 heteroatoms. The minimum Gasteiger partial charge on any atom is -0.387 e. The number of nitrogens with two attached hydrogens (primary N) is 1. The predicted octanol–water partition coefficient (Wildman–Crippen LogP) is 1.13. The summed E-state index contributed by atoms with van der Waals surface area (Å²) in [4.78, 5) is 4.13. The highest BCUT2D eigenvalue weighted by atomic mass is 32.2. The van der Waals surface area contributed by atoms with Crippen molar-refractivity contribution in [2.24, 2.45) is 10.7 Å². The maximum absolute atomic E-state index is 5.63. The molecule has 0 aromatic rings. The standard InChI is InChI=1S/C8H18N2OS/c1-3-6-12-7-8(9)10-4-5-11-2/h3-7H2,1-2H3,(H2,9,10). The fourth-order valence-electron chi connectivity index (χ4n) is 0.647. The second-order valence-corrected chi connectivity index (χ2v) is 3.52. The number of nitrogens with zero attached hydrogens (tertiary/aromatic N) is 1. The van der Waals surface area contributed by atoms with Gasteiger partial charge in [0.1, 0.15) is 5.84 Å². The van der Waals surface area contributed by atoms with Crippen LogP contribution in [0.5, 0.6) is 0 Å². The molecule has 0 rings (SSSR count). The molecule has 0 spiro atoms. The van der Waals surface area contributed by atoms with E-state index in [-0.39, 0.29) is 0 Å². The number of hydrogen-bond acceptors (Lipinski definition) is 3. The lowest BCUT2D eigenvalue weighted by atomic mass is 10.6. The van der Waals surface area contributed by atoms with E-state index < -0.39 is 0 Å². The molecule has 0 aliphatic carbocycles. The van der Waals surface area contributed by atoms with E-state index in [1.807, 2.05) is 11.8 Å². The van der Waals surface area contributed by atoms with Gasteiger partial charge in [-0.25, -0.2) is 0 Å². The Balaban J connectivity index is 3.29. The van der Waals surface area contributed by atoms with Crippen molar-refractivity contribution in [3.8, 4) is 0 Å². The van der Waals surface area contributed by atoms with Crippen LogP contribution in [0.15, 0.2) is 4.99 Å². The SMILES string of the molecule is CCCSCC(N)=NCCOC. The summed E-state index contributed by atoms with van der Waals surface area (Å²) < 4.78 is 4.85. The monoisotopic (exact) mass is 190 g/mol. The molecule has 0 aliphatic heterocycles. The first-order chi connectivity index (χ1) is 5.81. The molecule has 0 bridgehead atoms. The largest absolute Gasteiger partial charge is 0.387 e. The van der Waals surface area contributed by atoms with Crippen LogP contribution in [0.25, 0.3) is 0 Å². The van der Waals surface area contributed by atoms with Gasteiger partial charge in [-0.2, -0.15) is 11.8 Å². The van der Waals surface area contributed by atoms with Crippen LogP contribution in [0.2, 0.25) is 0 Å². The van der Waals surface area contributed by atoms with E-state index >= 15 is 0 Å². The molecule has 0 aromatic heterocycles. The molecule has 2 N–H and O–H groups in total. The first-order valence-electron chi connectivity index (χ1n) is 4.16. The quantitative estimate of drug-likeness (QED) is 0.372. The van der Waals surface area contributed by atoms with E-state index in [1.54, 1.807) is 7.11 Å². The number of ether oxygens (including phenoxy) is 1. The molecule has 0 fully saturated rings. The highest BCUT2D eigenvalue weighted by Crippen LogP contribution is 2.00. The van der Waals surface area contributed by atoms with Gasteiger partial charge in [-0.1, -0.05) is 6.92 Å². The molecule has 0 aromatic carbocycles. The summed E-state index contributed by atoms with van der Waals surface area (Å²) in [6.45, 7) is 3.49. The van der Waals surface area contributed by atoms with Crippen LogP contribution >= 0.6 is 11.8 Å². The van der Waals surface area contributed by atoms with Crippen molar-refractivity contribution in [1.82, 2.24) is 0 Å². The Morgan fingerprint density at radius 1 is 1.58 bits per heavy atom. The molecule has 3 nitrogen and oxygen atoms in total. The molecular weight excluding hydrogens is 172 g/mol. The number of rotatable bonds is 7. The lowest BCUT2D eigenvalue weighted by molar-refractivity contribution is 0.208. The first-order valence-corrected chi connectivity index (χ1v) is 5.32. The average Bonchev–Trinajstić information content (AvgIpc) is 2.06. The van der Waals surface area contributed by atoms with E-state index in [1.165, 1.54) is 6.42 Å². The summed E-state index contributed by atoms with van der Waals surface area (Å²) in [5, 5.41) is 0. The van der Waals surface area contributed by atoms with E-state index in [0.29, 0.717) is 13.2 Å². The third-order valence-corrected chi connectivity index (χ3v) is 2.41. The van der Waals surface area contributed by atoms with Gasteiger partial charge in [0.25, 0.3) is 0 Å². The molecule has 12 heavy (non-hydrogen) atoms. The maximum Gasteiger partial charge on any atom is 0.104 e. The van der Waals surface area contributed by atoms with Crippen LogP contribution in [-0.4, -0.2) is 37.6 Å². The lowest BCUT2D eigenvalue weighted by Crippen LogP contribution is -2.16. The van der Waals surface area contributed by atoms with Gasteiger partial charge in [0.15, 0.2) is 0 Å². The van der Waals surface area contributed by atoms with E-state index in [4.69, 9.17) is 10.5 Å². The topological polar surface area (TPSA) is 47.6 Å². The Bertz CT molecular complexity index is 128. The minimum absolute atomic E-state index is 0.652. The zero-order valence-electron chi connectivity index (χ0n) is 7.88. The van der Waals surface area contributed by atoms with Crippen LogP contribution in [0.4, 0.5) is 0 Å². The van der Waals surface area contributed by atoms with Gasteiger partial charge in [-0.3, -0.25) is 4.99 Å². The summed E-state index contributed by atoms with van der Waals surface area (Å²) in [6, 6.07) is 0. The van der Waals surface area contributed by atoms with E-state index in [0.717, 1.165) is 17.3 Å². The average molecular weight is 190 g/mol. The van der Waals surface area contributed by atoms with Gasteiger partial charge in [-0.05, 0) is 12.2 Å². The molecule has 0 atom stereocenters. The van der Waals surface area contributed by atoms with Crippen molar-refractivity contribution < 1.29 is 4.74 Å². The number of thioether (sulfide) groups is 1. The number of amidine groups is 1. The Labute approximate surface area is 78.8 Å². The third kappa shape index (κ3) is 7.88. The zero-order valence-corrected chi connectivity index (χ0v) is 8.69. The second-order valence-electron chi connectivity index (χ2n) is 2.42. The molecular formula is C8H18N2OS. The smallest absolute Gasteiger partial charge is 0.104 e. The fraction of sp³-hybridized carbons (Fsp3) is 0.875. The fourth-order valence-corrected chi connectivity index (χ4v) is 1.38. The molecule has 0 unspecified atom stereocenters. The molecule has 0 amide bonds. The van der Waals surface area contributed by atoms with Crippen molar-refractivity contribution in [1.29, 1.82) is 0 Å². The number of hydrogen-bond donors (Lipinski definition) is 1. The minimum atomic E-state index is 0.652. The van der Waals surface area contributed by atoms with Crippen LogP contribution in [-0.2, 0) is 4.74 Å². The van der Waals surface area contributed by atoms with Crippen molar-refractivity contribution in [2.45, 2.75) is 13.3 Å². The van der Waals surface area contributed by atoms with Gasteiger partial charge in [0, 0.05) is 7.11 Å². The van der Waals surface area contributed by atoms with Crippen molar-refractivity contribution >= 4 is 17.6 Å². The van der Waals surface area contributed by atoms with Gasteiger partial charge in [0.05, 0.1) is 18.9 Å². The molecule has 72 valence electrons. The summed E-state index contributed by atoms with van der Waals surface area (Å²) in [5.41, 5.74) is 5.63. The van der Waals surface area contributed by atoms with Crippen molar-refractivity contribution in [3.63, 3.8) is 0 Å². The van der Waals surface area contributed by atoms with E-state index in [2.05, 4.69) is 11.9 Å². The predicted molar refractivity (Wildman–Crippen MR) is 56.0 cm³/mol. The summed E-state index contributed by atoms with van der Waals surface area (Å²) in [6.07, 6.45) is 1.19. The van der Waals surface area contributed by atoms with Gasteiger partial charge >= 0.3 is 0 Å². The van der Waals surface area contributed by atoms with Gasteiger partial charge < -0.3 is 10.5 Å². The molecule has 0 radical (unpaired) electrons. The molecule has 0 saturated heterocycles. The maximum atomic E-state index is 5.63. The Hall–Kier alpha value is -0.220. The van der Waals surface area contributed by atoms with Gasteiger partial charge in [-0.15, -0.1) is 0 Å². The summed E-state index contributed by atoms with van der Waals surface area (Å²) in [7, 11) is 1.66. The summed E-state index contributed by atoms with van der Waals surface area (Å²) in [5.74, 6) is 2.73. The normalized spacial score (nSPS) is 12.0. The Morgan fingerprint density at radius 2 is 2.33 bits per heavy atom. The van der Waals surface area contributed by atoms with Gasteiger partial charge in [0.2, 0.25) is 0 Å². The lowest BCUT2D eigenvalue weighted by Gasteiger charge is -1.99. The molecule has 0 saturated carbocycles. The third-order valence-electron chi connectivity index (χ3n) is 1.21. The van der Waals surface area contributed by atoms with Crippen LogP contribution in [0.3, 0.4) is 0 Å². The molecule has 0 aliphatic rings. The Morgan fingerprint density at radius 3 is 2.92 bits per heavy atom. The Kier molecular flexibility index (Phi) is 8.71. The van der Waals surface area contributed by atoms with Crippen LogP contribution in [0, 0.1) is 0 Å². The number of methoxy groups -OCH3 is 1. The first kappa shape index (κ1) is 11.8. The van der Waals surface area contributed by atoms with Crippen LogP contribution < -0.4 is 5.73 Å². The van der Waals surface area contributed by atoms with Crippen molar-refractivity contribution in [3.05, 3.63) is 0 Å². The van der Waals surface area contributed by atoms with Crippen molar-refractivity contribution in [2.75, 3.05) is 31.8 Å². The highest BCUT2D eigenvalue weighted by Gasteiger charge is 1.91. The zero-order chi connectivity index (χ0) is 9.23. The number of aliphatic imine (C=N–C) groups is 1. The summed E-state index contributed by atoms with van der Waals surface area (Å²) >= 11 is 1.82. The molecule has 0 heterocycles. The highest BCUT2D eigenvalue weighted by molar-refractivity contribution is 7.99.